The van der Waals surface area contributed by atoms with Gasteiger partial charge in [0.1, 0.15) is 5.82 Å². The number of benzene rings is 1. The minimum absolute atomic E-state index is 0.143. The summed E-state index contributed by atoms with van der Waals surface area (Å²) < 4.78 is 4.68. The van der Waals surface area contributed by atoms with Crippen molar-refractivity contribution in [3.05, 3.63) is 60.0 Å². The van der Waals surface area contributed by atoms with Gasteiger partial charge in [-0.15, -0.1) is 0 Å². The lowest BCUT2D eigenvalue weighted by Gasteiger charge is -2.00. The number of carbonyl (C=O) groups excluding carboxylic acids is 1. The van der Waals surface area contributed by atoms with Crippen LogP contribution >= 0.6 is 0 Å². The Labute approximate surface area is 138 Å². The Hall–Kier alpha value is -3.22. The number of nitrogens with two attached hydrogens (primary N) is 1. The highest BCUT2D eigenvalue weighted by atomic mass is 16.6. The van der Waals surface area contributed by atoms with E-state index in [-0.39, 0.29) is 5.88 Å². The van der Waals surface area contributed by atoms with Crippen LogP contribution in [0.3, 0.4) is 0 Å². The fourth-order valence-corrected chi connectivity index (χ4v) is 2.32. The predicted octanol–water partition coefficient (Wildman–Crippen LogP) is 2.50. The molecule has 2 heterocycles. The van der Waals surface area contributed by atoms with Crippen LogP contribution in [0, 0.1) is 0 Å². The number of aromatic nitrogens is 4. The first-order chi connectivity index (χ1) is 11.7. The average molecular weight is 323 g/mol. The van der Waals surface area contributed by atoms with Gasteiger partial charge in [-0.1, -0.05) is 30.3 Å². The maximum Gasteiger partial charge on any atom is 0.411 e. The molecule has 0 aliphatic heterocycles. The molecular formula is C17H17N5O2. The van der Waals surface area contributed by atoms with E-state index in [9.17, 15) is 4.79 Å². The number of aryl methyl sites for hydroxylation is 2. The quantitative estimate of drug-likeness (QED) is 0.725. The van der Waals surface area contributed by atoms with Crippen molar-refractivity contribution < 1.29 is 9.53 Å². The van der Waals surface area contributed by atoms with E-state index >= 15 is 0 Å². The van der Waals surface area contributed by atoms with Crippen molar-refractivity contribution in [2.45, 2.75) is 19.3 Å². The molecule has 2 aromatic heterocycles. The Kier molecular flexibility index (Phi) is 4.81. The van der Waals surface area contributed by atoms with Crippen LogP contribution in [-0.2, 0) is 12.8 Å². The predicted molar refractivity (Wildman–Crippen MR) is 88.3 cm³/mol. The minimum atomic E-state index is -0.895. The fraction of sp³-hybridized carbons (Fsp3) is 0.176. The molecule has 0 radical (unpaired) electrons. The maximum atomic E-state index is 10.7. The van der Waals surface area contributed by atoms with E-state index in [0.29, 0.717) is 5.82 Å². The average Bonchev–Trinajstić information content (AvgIpc) is 3.05. The van der Waals surface area contributed by atoms with E-state index < -0.39 is 6.09 Å². The van der Waals surface area contributed by atoms with E-state index in [2.05, 4.69) is 37.0 Å². The van der Waals surface area contributed by atoms with Crippen molar-refractivity contribution in [3.8, 4) is 17.3 Å². The zero-order valence-electron chi connectivity index (χ0n) is 13.0. The van der Waals surface area contributed by atoms with E-state index in [4.69, 9.17) is 5.73 Å². The molecule has 3 N–H and O–H groups in total. The molecule has 7 heteroatoms. The minimum Gasteiger partial charge on any atom is -0.391 e. The maximum absolute atomic E-state index is 10.7. The summed E-state index contributed by atoms with van der Waals surface area (Å²) >= 11 is 0. The van der Waals surface area contributed by atoms with Crippen molar-refractivity contribution in [2.75, 3.05) is 0 Å². The van der Waals surface area contributed by atoms with Crippen molar-refractivity contribution in [1.82, 2.24) is 20.2 Å². The molecule has 0 spiro atoms. The van der Waals surface area contributed by atoms with Crippen molar-refractivity contribution in [2.24, 2.45) is 5.73 Å². The molecule has 0 saturated carbocycles. The van der Waals surface area contributed by atoms with Crippen LogP contribution in [0.4, 0.5) is 4.79 Å². The van der Waals surface area contributed by atoms with Crippen LogP contribution in [0.5, 0.6) is 5.88 Å². The smallest absolute Gasteiger partial charge is 0.391 e. The van der Waals surface area contributed by atoms with Crippen LogP contribution < -0.4 is 10.5 Å². The Morgan fingerprint density at radius 2 is 1.96 bits per heavy atom. The summed E-state index contributed by atoms with van der Waals surface area (Å²) in [6.45, 7) is 0. The molecule has 0 unspecified atom stereocenters. The third kappa shape index (κ3) is 4.16. The molecule has 0 aliphatic rings. The molecule has 0 fully saturated rings. The van der Waals surface area contributed by atoms with Gasteiger partial charge in [0.15, 0.2) is 5.82 Å². The SMILES string of the molecule is NC(=O)Oc1ccc(-c2n[nH]c(CCCc3ccccc3)n2)cn1. The third-order valence-corrected chi connectivity index (χ3v) is 3.45. The van der Waals surface area contributed by atoms with Gasteiger partial charge in [-0.2, -0.15) is 5.10 Å². The van der Waals surface area contributed by atoms with Gasteiger partial charge in [0.2, 0.25) is 5.88 Å². The Morgan fingerprint density at radius 3 is 2.67 bits per heavy atom. The number of nitrogens with zero attached hydrogens (tertiary/aromatic N) is 3. The number of carbonyl (C=O) groups is 1. The fourth-order valence-electron chi connectivity index (χ4n) is 2.32. The van der Waals surface area contributed by atoms with Crippen molar-refractivity contribution in [3.63, 3.8) is 0 Å². The number of aromatic amines is 1. The van der Waals surface area contributed by atoms with E-state index in [0.717, 1.165) is 30.7 Å². The van der Waals surface area contributed by atoms with Gasteiger partial charge >= 0.3 is 6.09 Å². The zero-order chi connectivity index (χ0) is 16.8. The second kappa shape index (κ2) is 7.36. The molecule has 1 aromatic carbocycles. The number of pyridine rings is 1. The molecule has 24 heavy (non-hydrogen) atoms. The number of nitrogens with one attached hydrogen (secondary N) is 1. The number of H-pyrrole nitrogens is 1. The number of rotatable bonds is 6. The zero-order valence-corrected chi connectivity index (χ0v) is 13.0. The lowest BCUT2D eigenvalue weighted by atomic mass is 10.1. The highest BCUT2D eigenvalue weighted by Crippen LogP contribution is 2.17. The molecular weight excluding hydrogens is 306 g/mol. The summed E-state index contributed by atoms with van der Waals surface area (Å²) in [5.74, 6) is 1.53. The van der Waals surface area contributed by atoms with Gasteiger partial charge in [0.25, 0.3) is 0 Å². The van der Waals surface area contributed by atoms with Crippen LogP contribution in [0.15, 0.2) is 48.7 Å². The number of amides is 1. The molecule has 0 atom stereocenters. The Bertz CT molecular complexity index is 799. The number of primary amides is 1. The molecule has 7 nitrogen and oxygen atoms in total. The van der Waals surface area contributed by atoms with E-state index in [1.165, 1.54) is 11.8 Å². The highest BCUT2D eigenvalue weighted by Gasteiger charge is 2.08. The lowest BCUT2D eigenvalue weighted by molar-refractivity contribution is 0.209. The first kappa shape index (κ1) is 15.7. The molecule has 0 aliphatic carbocycles. The van der Waals surface area contributed by atoms with Gasteiger partial charge in [0, 0.05) is 24.2 Å². The van der Waals surface area contributed by atoms with Gasteiger partial charge < -0.3 is 10.5 Å². The molecule has 3 rings (SSSR count). The van der Waals surface area contributed by atoms with Crippen molar-refractivity contribution >= 4 is 6.09 Å². The van der Waals surface area contributed by atoms with Crippen LogP contribution in [0.1, 0.15) is 17.8 Å². The summed E-state index contributed by atoms with van der Waals surface area (Å²) in [4.78, 5) is 19.1. The summed E-state index contributed by atoms with van der Waals surface area (Å²) in [5.41, 5.74) is 6.98. The van der Waals surface area contributed by atoms with Crippen LogP contribution in [0.2, 0.25) is 0 Å². The van der Waals surface area contributed by atoms with Crippen LogP contribution in [-0.4, -0.2) is 26.3 Å². The molecule has 0 bridgehead atoms. The second-order valence-corrected chi connectivity index (χ2v) is 5.25. The molecule has 122 valence electrons. The first-order valence-corrected chi connectivity index (χ1v) is 7.59. The van der Waals surface area contributed by atoms with Gasteiger partial charge in [0.05, 0.1) is 0 Å². The first-order valence-electron chi connectivity index (χ1n) is 7.59. The second-order valence-electron chi connectivity index (χ2n) is 5.25. The molecule has 1 amide bonds. The van der Waals surface area contributed by atoms with E-state index in [1.54, 1.807) is 12.1 Å². The largest absolute Gasteiger partial charge is 0.411 e. The van der Waals surface area contributed by atoms with Gasteiger partial charge in [-0.25, -0.2) is 14.8 Å². The number of hydrogen-bond acceptors (Lipinski definition) is 5. The number of ether oxygens (including phenoxy) is 1. The highest BCUT2D eigenvalue weighted by molar-refractivity contribution is 5.67. The Morgan fingerprint density at radius 1 is 1.12 bits per heavy atom. The Balaban J connectivity index is 1.57. The monoisotopic (exact) mass is 323 g/mol. The molecule has 3 aromatic rings. The third-order valence-electron chi connectivity index (χ3n) is 3.45. The van der Waals surface area contributed by atoms with Gasteiger partial charge in [-0.05, 0) is 24.5 Å². The normalized spacial score (nSPS) is 10.5. The van der Waals surface area contributed by atoms with Gasteiger partial charge in [-0.3, -0.25) is 5.10 Å². The molecule has 0 saturated heterocycles. The summed E-state index contributed by atoms with van der Waals surface area (Å²) in [6.07, 6.45) is 3.45. The summed E-state index contributed by atoms with van der Waals surface area (Å²) in [7, 11) is 0. The standard InChI is InChI=1S/C17H17N5O2/c18-17(23)24-15-10-9-13(11-19-15)16-20-14(21-22-16)8-4-7-12-5-2-1-3-6-12/h1-3,5-6,9-11H,4,7-8H2,(H2,18,23)(H,20,21,22). The summed E-state index contributed by atoms with van der Waals surface area (Å²) in [6, 6.07) is 13.6. The summed E-state index contributed by atoms with van der Waals surface area (Å²) in [5, 5.41) is 7.14. The number of hydrogen-bond donors (Lipinski definition) is 2. The topological polar surface area (TPSA) is 107 Å². The van der Waals surface area contributed by atoms with Crippen LogP contribution in [0.25, 0.3) is 11.4 Å². The van der Waals surface area contributed by atoms with E-state index in [1.807, 2.05) is 18.2 Å². The lowest BCUT2D eigenvalue weighted by Crippen LogP contribution is -2.16. The van der Waals surface area contributed by atoms with Crippen molar-refractivity contribution in [1.29, 1.82) is 0 Å².